The Balaban J connectivity index is 2.37. The number of aryl methyl sites for hydroxylation is 1. The van der Waals surface area contributed by atoms with Gasteiger partial charge in [-0.1, -0.05) is 18.2 Å². The number of methoxy groups -OCH3 is 1. The molecule has 4 nitrogen and oxygen atoms in total. The fourth-order valence-electron chi connectivity index (χ4n) is 2.70. The highest BCUT2D eigenvalue weighted by Gasteiger charge is 2.14. The molecule has 2 rings (SSSR count). The van der Waals surface area contributed by atoms with Gasteiger partial charge in [-0.15, -0.1) is 0 Å². The van der Waals surface area contributed by atoms with Crippen LogP contribution in [-0.4, -0.2) is 26.9 Å². The molecule has 0 aliphatic heterocycles. The van der Waals surface area contributed by atoms with E-state index in [4.69, 9.17) is 18.9 Å². The van der Waals surface area contributed by atoms with Crippen molar-refractivity contribution < 1.29 is 18.9 Å². The van der Waals surface area contributed by atoms with E-state index in [-0.39, 0.29) is 0 Å². The van der Waals surface area contributed by atoms with Crippen LogP contribution in [0.15, 0.2) is 30.3 Å². The molecule has 0 unspecified atom stereocenters. The third-order valence-corrected chi connectivity index (χ3v) is 3.82. The molecule has 140 valence electrons. The summed E-state index contributed by atoms with van der Waals surface area (Å²) in [5.74, 6) is 2.95. The van der Waals surface area contributed by atoms with Crippen LogP contribution in [-0.2, 0) is 0 Å². The lowest BCUT2D eigenvalue weighted by atomic mass is 10.1. The number of ether oxygens (including phenoxy) is 4. The molecule has 2 aromatic rings. The Morgan fingerprint density at radius 1 is 0.731 bits per heavy atom. The SMILES string of the molecule is CCOc1cc(/C=C\c2ccc(OC)c(C)c2)cc(OCC)c1OCC. The molecule has 0 radical (unpaired) electrons. The molecule has 0 aliphatic rings. The van der Waals surface area contributed by atoms with Crippen LogP contribution in [0, 0.1) is 6.92 Å². The first-order valence-electron chi connectivity index (χ1n) is 9.02. The minimum atomic E-state index is 0.556. The molecule has 0 bridgehead atoms. The van der Waals surface area contributed by atoms with Crippen molar-refractivity contribution >= 4 is 12.2 Å². The molecule has 0 heterocycles. The molecule has 26 heavy (non-hydrogen) atoms. The van der Waals surface area contributed by atoms with Gasteiger partial charge in [-0.05, 0) is 68.7 Å². The smallest absolute Gasteiger partial charge is 0.203 e. The average molecular weight is 356 g/mol. The molecule has 0 amide bonds. The second kappa shape index (κ2) is 9.76. The summed E-state index contributed by atoms with van der Waals surface area (Å²) in [6.07, 6.45) is 4.11. The Labute approximate surface area is 156 Å². The van der Waals surface area contributed by atoms with Crippen LogP contribution < -0.4 is 18.9 Å². The first-order chi connectivity index (χ1) is 12.6. The van der Waals surface area contributed by atoms with Crippen LogP contribution in [0.1, 0.15) is 37.5 Å². The van der Waals surface area contributed by atoms with Gasteiger partial charge in [-0.2, -0.15) is 0 Å². The molecule has 0 atom stereocenters. The Bertz CT molecular complexity index is 723. The van der Waals surface area contributed by atoms with E-state index in [2.05, 4.69) is 12.1 Å². The van der Waals surface area contributed by atoms with Gasteiger partial charge in [0.05, 0.1) is 26.9 Å². The second-order valence-corrected chi connectivity index (χ2v) is 5.71. The molecule has 0 saturated heterocycles. The zero-order chi connectivity index (χ0) is 18.9. The van der Waals surface area contributed by atoms with Gasteiger partial charge in [0.1, 0.15) is 5.75 Å². The maximum Gasteiger partial charge on any atom is 0.203 e. The lowest BCUT2D eigenvalue weighted by molar-refractivity contribution is 0.260. The fraction of sp³-hybridized carbons (Fsp3) is 0.364. The van der Waals surface area contributed by atoms with Crippen molar-refractivity contribution in [3.8, 4) is 23.0 Å². The number of hydrogen-bond donors (Lipinski definition) is 0. The van der Waals surface area contributed by atoms with E-state index in [1.165, 1.54) is 0 Å². The van der Waals surface area contributed by atoms with Gasteiger partial charge in [0.15, 0.2) is 11.5 Å². The predicted molar refractivity (Wildman–Crippen MR) is 107 cm³/mol. The number of hydrogen-bond acceptors (Lipinski definition) is 4. The molecule has 2 aromatic carbocycles. The van der Waals surface area contributed by atoms with Gasteiger partial charge < -0.3 is 18.9 Å². The number of benzene rings is 2. The summed E-state index contributed by atoms with van der Waals surface area (Å²) < 4.78 is 22.6. The molecule has 0 aliphatic carbocycles. The maximum absolute atomic E-state index is 5.76. The highest BCUT2D eigenvalue weighted by atomic mass is 16.5. The minimum Gasteiger partial charge on any atom is -0.496 e. The highest BCUT2D eigenvalue weighted by molar-refractivity contribution is 5.73. The largest absolute Gasteiger partial charge is 0.496 e. The van der Waals surface area contributed by atoms with Gasteiger partial charge >= 0.3 is 0 Å². The normalized spacial score (nSPS) is 10.8. The molecule has 0 aromatic heterocycles. The minimum absolute atomic E-state index is 0.556. The van der Waals surface area contributed by atoms with Crippen LogP contribution in [0.2, 0.25) is 0 Å². The van der Waals surface area contributed by atoms with Gasteiger partial charge in [-0.3, -0.25) is 0 Å². The quantitative estimate of drug-likeness (QED) is 0.566. The molecule has 0 N–H and O–H groups in total. The van der Waals surface area contributed by atoms with Crippen LogP contribution in [0.25, 0.3) is 12.2 Å². The lowest BCUT2D eigenvalue weighted by Crippen LogP contribution is -2.02. The van der Waals surface area contributed by atoms with Crippen molar-refractivity contribution in [1.29, 1.82) is 0 Å². The summed E-state index contributed by atoms with van der Waals surface area (Å²) in [5, 5.41) is 0. The second-order valence-electron chi connectivity index (χ2n) is 5.71. The molecular weight excluding hydrogens is 328 g/mol. The van der Waals surface area contributed by atoms with E-state index in [0.717, 1.165) is 22.4 Å². The lowest BCUT2D eigenvalue weighted by Gasteiger charge is -2.16. The van der Waals surface area contributed by atoms with E-state index in [1.807, 2.05) is 58.0 Å². The molecule has 0 saturated carbocycles. The van der Waals surface area contributed by atoms with Crippen molar-refractivity contribution in [2.24, 2.45) is 0 Å². The summed E-state index contributed by atoms with van der Waals surface area (Å²) in [7, 11) is 1.68. The van der Waals surface area contributed by atoms with Crippen molar-refractivity contribution in [3.05, 3.63) is 47.0 Å². The zero-order valence-corrected chi connectivity index (χ0v) is 16.3. The van der Waals surface area contributed by atoms with Crippen molar-refractivity contribution in [2.45, 2.75) is 27.7 Å². The highest BCUT2D eigenvalue weighted by Crippen LogP contribution is 2.39. The molecular formula is C22H28O4. The van der Waals surface area contributed by atoms with Crippen LogP contribution in [0.3, 0.4) is 0 Å². The fourth-order valence-corrected chi connectivity index (χ4v) is 2.70. The summed E-state index contributed by atoms with van der Waals surface area (Å²) in [5.41, 5.74) is 3.20. The molecule has 0 fully saturated rings. The Kier molecular flexibility index (Phi) is 7.39. The average Bonchev–Trinajstić information content (AvgIpc) is 2.63. The Hall–Kier alpha value is -2.62. The van der Waals surface area contributed by atoms with Crippen LogP contribution >= 0.6 is 0 Å². The van der Waals surface area contributed by atoms with Crippen molar-refractivity contribution in [3.63, 3.8) is 0 Å². The van der Waals surface area contributed by atoms with E-state index >= 15 is 0 Å². The van der Waals surface area contributed by atoms with E-state index in [9.17, 15) is 0 Å². The summed E-state index contributed by atoms with van der Waals surface area (Å²) >= 11 is 0. The zero-order valence-electron chi connectivity index (χ0n) is 16.3. The van der Waals surface area contributed by atoms with E-state index in [0.29, 0.717) is 37.1 Å². The number of rotatable bonds is 9. The predicted octanol–water partition coefficient (Wildman–Crippen LogP) is 5.37. The van der Waals surface area contributed by atoms with Crippen molar-refractivity contribution in [2.75, 3.05) is 26.9 Å². The summed E-state index contributed by atoms with van der Waals surface area (Å²) in [6.45, 7) is 9.59. The first-order valence-corrected chi connectivity index (χ1v) is 9.02. The van der Waals surface area contributed by atoms with Gasteiger partial charge in [0, 0.05) is 0 Å². The van der Waals surface area contributed by atoms with E-state index in [1.54, 1.807) is 7.11 Å². The third-order valence-electron chi connectivity index (χ3n) is 3.82. The topological polar surface area (TPSA) is 36.9 Å². The molecule has 4 heteroatoms. The standard InChI is InChI=1S/C22H28O4/c1-6-24-20-14-18(15-21(25-7-2)22(20)26-8-3)10-9-17-11-12-19(23-5)16(4)13-17/h9-15H,6-8H2,1-5H3/b10-9-. The van der Waals surface area contributed by atoms with Crippen molar-refractivity contribution in [1.82, 2.24) is 0 Å². The van der Waals surface area contributed by atoms with Gasteiger partial charge in [0.2, 0.25) is 5.75 Å². The van der Waals surface area contributed by atoms with E-state index < -0.39 is 0 Å². The third kappa shape index (κ3) is 4.94. The Morgan fingerprint density at radius 2 is 1.31 bits per heavy atom. The monoisotopic (exact) mass is 356 g/mol. The van der Waals surface area contributed by atoms with Gasteiger partial charge in [0.25, 0.3) is 0 Å². The van der Waals surface area contributed by atoms with Crippen LogP contribution in [0.5, 0.6) is 23.0 Å². The Morgan fingerprint density at radius 3 is 1.81 bits per heavy atom. The maximum atomic E-state index is 5.76. The summed E-state index contributed by atoms with van der Waals surface area (Å²) in [6, 6.07) is 10.1. The van der Waals surface area contributed by atoms with Crippen LogP contribution in [0.4, 0.5) is 0 Å². The first kappa shape index (κ1) is 19.7. The van der Waals surface area contributed by atoms with Gasteiger partial charge in [-0.25, -0.2) is 0 Å². The molecule has 0 spiro atoms. The summed E-state index contributed by atoms with van der Waals surface area (Å²) in [4.78, 5) is 0.